The Morgan fingerprint density at radius 1 is 0.636 bits per heavy atom. The van der Waals surface area contributed by atoms with Crippen LogP contribution in [0.25, 0.3) is 0 Å². The van der Waals surface area contributed by atoms with Gasteiger partial charge in [0.05, 0.1) is 6.10 Å². The number of nitrogens with one attached hydrogen (secondary N) is 1. The van der Waals surface area contributed by atoms with Crippen LogP contribution >= 0.6 is 0 Å². The third kappa shape index (κ3) is 18.0. The van der Waals surface area contributed by atoms with E-state index in [2.05, 4.69) is 19.2 Å². The summed E-state index contributed by atoms with van der Waals surface area (Å²) in [7, 11) is 0. The largest absolute Gasteiger partial charge is 0.392 e. The van der Waals surface area contributed by atoms with E-state index >= 15 is 0 Å². The molecule has 0 spiro atoms. The number of unbranched alkanes of at least 4 members (excludes halogenated alkanes) is 12. The van der Waals surface area contributed by atoms with Crippen molar-refractivity contribution in [1.82, 2.24) is 5.32 Å². The minimum atomic E-state index is -0.139. The maximum absolute atomic E-state index is 9.85. The predicted octanol–water partition coefficient (Wildman–Crippen LogP) is 5.83. The first-order valence-corrected chi connectivity index (χ1v) is 10.2. The first-order chi connectivity index (χ1) is 10.8. The summed E-state index contributed by atoms with van der Waals surface area (Å²) in [5.74, 6) is 0. The molecule has 0 rings (SSSR count). The highest BCUT2D eigenvalue weighted by Crippen LogP contribution is 2.12. The molecule has 2 N–H and O–H groups in total. The molecule has 0 bridgehead atoms. The Balaban J connectivity index is 3.07. The lowest BCUT2D eigenvalue weighted by molar-refractivity contribution is 0.158. The molecule has 0 amide bonds. The van der Waals surface area contributed by atoms with Crippen molar-refractivity contribution in [2.24, 2.45) is 0 Å². The molecule has 0 saturated carbocycles. The first-order valence-electron chi connectivity index (χ1n) is 10.2. The minimum absolute atomic E-state index is 0.139. The van der Waals surface area contributed by atoms with Crippen molar-refractivity contribution in [2.75, 3.05) is 13.1 Å². The highest BCUT2D eigenvalue weighted by molar-refractivity contribution is 4.60. The van der Waals surface area contributed by atoms with E-state index in [0.717, 1.165) is 19.5 Å². The Morgan fingerprint density at radius 3 is 1.59 bits per heavy atom. The van der Waals surface area contributed by atoms with E-state index in [9.17, 15) is 5.11 Å². The van der Waals surface area contributed by atoms with Gasteiger partial charge in [0, 0.05) is 6.54 Å². The van der Waals surface area contributed by atoms with Crippen LogP contribution in [0, 0.1) is 0 Å². The van der Waals surface area contributed by atoms with Crippen LogP contribution in [0.1, 0.15) is 110 Å². The second-order valence-corrected chi connectivity index (χ2v) is 6.89. The molecule has 2 nitrogen and oxygen atoms in total. The molecule has 0 saturated heterocycles. The molecule has 1 unspecified atom stereocenters. The van der Waals surface area contributed by atoms with Gasteiger partial charge >= 0.3 is 0 Å². The molecule has 0 radical (unpaired) electrons. The molecule has 0 heterocycles. The quantitative estimate of drug-likeness (QED) is 0.312. The normalized spacial score (nSPS) is 12.7. The smallest absolute Gasteiger partial charge is 0.0664 e. The Morgan fingerprint density at radius 2 is 1.09 bits per heavy atom. The second kappa shape index (κ2) is 19.0. The van der Waals surface area contributed by atoms with Crippen LogP contribution in [0.15, 0.2) is 0 Å². The van der Waals surface area contributed by atoms with Crippen molar-refractivity contribution in [3.8, 4) is 0 Å². The molecule has 0 aliphatic carbocycles. The lowest BCUT2D eigenvalue weighted by atomic mass is 10.0. The van der Waals surface area contributed by atoms with Gasteiger partial charge in [-0.2, -0.15) is 0 Å². The lowest BCUT2D eigenvalue weighted by Gasteiger charge is -2.11. The van der Waals surface area contributed by atoms with E-state index in [1.165, 1.54) is 89.9 Å². The van der Waals surface area contributed by atoms with Crippen molar-refractivity contribution in [3.63, 3.8) is 0 Å². The number of aliphatic hydroxyl groups excluding tert-OH is 1. The van der Waals surface area contributed by atoms with Crippen LogP contribution in [-0.2, 0) is 0 Å². The molecular formula is C20H43NO. The van der Waals surface area contributed by atoms with Crippen molar-refractivity contribution >= 4 is 0 Å². The fraction of sp³-hybridized carbons (Fsp3) is 1.00. The van der Waals surface area contributed by atoms with Gasteiger partial charge in [0.2, 0.25) is 0 Å². The summed E-state index contributed by atoms with van der Waals surface area (Å²) in [6, 6.07) is 0. The zero-order valence-corrected chi connectivity index (χ0v) is 15.5. The van der Waals surface area contributed by atoms with Gasteiger partial charge in [-0.25, -0.2) is 0 Å². The SMILES string of the molecule is CCCCCCCCCCCCCCC(O)CNCCCC. The number of hydrogen-bond acceptors (Lipinski definition) is 2. The summed E-state index contributed by atoms with van der Waals surface area (Å²) in [5.41, 5.74) is 0. The van der Waals surface area contributed by atoms with Crippen LogP contribution in [-0.4, -0.2) is 24.3 Å². The summed E-state index contributed by atoms with van der Waals surface area (Å²) < 4.78 is 0. The number of rotatable bonds is 18. The van der Waals surface area contributed by atoms with Gasteiger partial charge in [0.15, 0.2) is 0 Å². The highest BCUT2D eigenvalue weighted by Gasteiger charge is 2.02. The molecule has 1 atom stereocenters. The zero-order chi connectivity index (χ0) is 16.3. The third-order valence-corrected chi connectivity index (χ3v) is 4.48. The van der Waals surface area contributed by atoms with E-state index in [1.807, 2.05) is 0 Å². The van der Waals surface area contributed by atoms with Crippen molar-refractivity contribution in [1.29, 1.82) is 0 Å². The summed E-state index contributed by atoms with van der Waals surface area (Å²) in [5, 5.41) is 13.2. The Hall–Kier alpha value is -0.0800. The van der Waals surface area contributed by atoms with Crippen LogP contribution in [0.5, 0.6) is 0 Å². The van der Waals surface area contributed by atoms with Crippen molar-refractivity contribution < 1.29 is 5.11 Å². The molecular weight excluding hydrogens is 270 g/mol. The fourth-order valence-electron chi connectivity index (χ4n) is 2.89. The molecule has 0 aliphatic rings. The fourth-order valence-corrected chi connectivity index (χ4v) is 2.89. The van der Waals surface area contributed by atoms with Crippen LogP contribution in [0.3, 0.4) is 0 Å². The van der Waals surface area contributed by atoms with Gasteiger partial charge in [0.25, 0.3) is 0 Å². The van der Waals surface area contributed by atoms with Gasteiger partial charge in [-0.1, -0.05) is 97.3 Å². The van der Waals surface area contributed by atoms with E-state index in [-0.39, 0.29) is 6.10 Å². The van der Waals surface area contributed by atoms with Gasteiger partial charge in [-0.05, 0) is 19.4 Å². The molecule has 0 aliphatic heterocycles. The summed E-state index contributed by atoms with van der Waals surface area (Å²) in [6.45, 7) is 6.30. The second-order valence-electron chi connectivity index (χ2n) is 6.89. The van der Waals surface area contributed by atoms with Crippen LogP contribution in [0.2, 0.25) is 0 Å². The Labute approximate surface area is 140 Å². The molecule has 134 valence electrons. The van der Waals surface area contributed by atoms with E-state index in [4.69, 9.17) is 0 Å². The van der Waals surface area contributed by atoms with E-state index in [0.29, 0.717) is 0 Å². The monoisotopic (exact) mass is 313 g/mol. The molecule has 0 aromatic heterocycles. The van der Waals surface area contributed by atoms with Crippen molar-refractivity contribution in [2.45, 2.75) is 116 Å². The molecule has 0 aromatic rings. The van der Waals surface area contributed by atoms with Gasteiger partial charge in [-0.3, -0.25) is 0 Å². The van der Waals surface area contributed by atoms with Crippen LogP contribution in [0.4, 0.5) is 0 Å². The maximum Gasteiger partial charge on any atom is 0.0664 e. The van der Waals surface area contributed by atoms with Gasteiger partial charge < -0.3 is 10.4 Å². The van der Waals surface area contributed by atoms with E-state index in [1.54, 1.807) is 0 Å². The van der Waals surface area contributed by atoms with Crippen LogP contribution < -0.4 is 5.32 Å². The standard InChI is InChI=1S/C20H43NO/c1-3-5-7-8-9-10-11-12-13-14-15-16-17-20(22)19-21-18-6-4-2/h20-22H,3-19H2,1-2H3. The summed E-state index contributed by atoms with van der Waals surface area (Å²) >= 11 is 0. The Kier molecular flexibility index (Phi) is 18.9. The maximum atomic E-state index is 9.85. The number of aliphatic hydroxyl groups is 1. The summed E-state index contributed by atoms with van der Waals surface area (Å²) in [4.78, 5) is 0. The molecule has 0 fully saturated rings. The van der Waals surface area contributed by atoms with Gasteiger partial charge in [-0.15, -0.1) is 0 Å². The lowest BCUT2D eigenvalue weighted by Crippen LogP contribution is -2.27. The Bertz CT molecular complexity index is 196. The molecule has 0 aromatic carbocycles. The van der Waals surface area contributed by atoms with E-state index < -0.39 is 0 Å². The topological polar surface area (TPSA) is 32.3 Å². The molecule has 2 heteroatoms. The van der Waals surface area contributed by atoms with Crippen molar-refractivity contribution in [3.05, 3.63) is 0 Å². The third-order valence-electron chi connectivity index (χ3n) is 4.48. The predicted molar refractivity (Wildman–Crippen MR) is 99.5 cm³/mol. The van der Waals surface area contributed by atoms with Gasteiger partial charge in [0.1, 0.15) is 0 Å². The number of hydrogen-bond donors (Lipinski definition) is 2. The summed E-state index contributed by atoms with van der Waals surface area (Å²) in [6.07, 6.45) is 19.9. The highest BCUT2D eigenvalue weighted by atomic mass is 16.3. The average Bonchev–Trinajstić information content (AvgIpc) is 2.52. The average molecular weight is 314 g/mol. The zero-order valence-electron chi connectivity index (χ0n) is 15.5. The molecule has 22 heavy (non-hydrogen) atoms. The first kappa shape index (κ1) is 21.9. The minimum Gasteiger partial charge on any atom is -0.392 e.